The molecule has 0 aliphatic rings. The van der Waals surface area contributed by atoms with Gasteiger partial charge in [0.05, 0.1) is 11.5 Å². The fourth-order valence-electron chi connectivity index (χ4n) is 0.456. The number of carboxylic acids is 1. The lowest BCUT2D eigenvalue weighted by molar-refractivity contribution is -0.135. The second-order valence-corrected chi connectivity index (χ2v) is 2.34. The van der Waals surface area contributed by atoms with Crippen molar-refractivity contribution >= 4 is 17.6 Å². The van der Waals surface area contributed by atoms with Gasteiger partial charge in [-0.1, -0.05) is 24.3 Å². The molecule has 0 atom stereocenters. The van der Waals surface area contributed by atoms with E-state index in [4.69, 9.17) is 21.8 Å². The van der Waals surface area contributed by atoms with Gasteiger partial charge in [0, 0.05) is 0 Å². The summed E-state index contributed by atoms with van der Waals surface area (Å²) in [5.41, 5.74) is 0. The molecular formula is C8H9ClO3. The molecule has 0 aromatic carbocycles. The largest absolute Gasteiger partial charge is 0.506 e. The maximum Gasteiger partial charge on any atom is 0.307 e. The van der Waals surface area contributed by atoms with Crippen molar-refractivity contribution in [3.8, 4) is 0 Å². The summed E-state index contributed by atoms with van der Waals surface area (Å²) in [5, 5.41) is 17.3. The van der Waals surface area contributed by atoms with E-state index in [2.05, 4.69) is 6.58 Å². The monoisotopic (exact) mass is 188 g/mol. The van der Waals surface area contributed by atoms with Crippen molar-refractivity contribution in [2.75, 3.05) is 0 Å². The van der Waals surface area contributed by atoms with Crippen LogP contribution in [0.15, 0.2) is 35.6 Å². The molecule has 0 saturated heterocycles. The van der Waals surface area contributed by atoms with Crippen LogP contribution in [0.1, 0.15) is 6.42 Å². The normalized spacial score (nSPS) is 12.8. The molecule has 66 valence electrons. The molecule has 0 spiro atoms. The highest BCUT2D eigenvalue weighted by Crippen LogP contribution is 2.08. The number of hydrogen-bond donors (Lipinski definition) is 2. The summed E-state index contributed by atoms with van der Waals surface area (Å²) in [6, 6.07) is 0. The molecule has 3 nitrogen and oxygen atoms in total. The summed E-state index contributed by atoms with van der Waals surface area (Å²) in [6.07, 6.45) is 3.63. The highest BCUT2D eigenvalue weighted by molar-refractivity contribution is 6.31. The summed E-state index contributed by atoms with van der Waals surface area (Å²) in [7, 11) is 0. The van der Waals surface area contributed by atoms with E-state index in [1.165, 1.54) is 18.2 Å². The zero-order valence-corrected chi connectivity index (χ0v) is 7.08. The summed E-state index contributed by atoms with van der Waals surface area (Å²) in [5.74, 6) is -1.15. The topological polar surface area (TPSA) is 57.5 Å². The van der Waals surface area contributed by atoms with E-state index in [0.29, 0.717) is 0 Å². The number of aliphatic hydroxyl groups excluding tert-OH is 1. The van der Waals surface area contributed by atoms with Gasteiger partial charge in [0.15, 0.2) is 0 Å². The van der Waals surface area contributed by atoms with Gasteiger partial charge in [0.25, 0.3) is 0 Å². The first-order chi connectivity index (χ1) is 5.57. The molecule has 4 heteroatoms. The fourth-order valence-corrected chi connectivity index (χ4v) is 0.519. The van der Waals surface area contributed by atoms with Crippen LogP contribution >= 0.6 is 11.6 Å². The van der Waals surface area contributed by atoms with Crippen LogP contribution in [0.4, 0.5) is 0 Å². The molecule has 0 aromatic rings. The van der Waals surface area contributed by atoms with Crippen LogP contribution < -0.4 is 0 Å². The molecule has 0 fully saturated rings. The molecule has 0 unspecified atom stereocenters. The van der Waals surface area contributed by atoms with Crippen LogP contribution in [-0.2, 0) is 4.79 Å². The predicted molar refractivity (Wildman–Crippen MR) is 47.1 cm³/mol. The van der Waals surface area contributed by atoms with Gasteiger partial charge in [0.2, 0.25) is 0 Å². The van der Waals surface area contributed by atoms with Crippen molar-refractivity contribution in [1.29, 1.82) is 0 Å². The number of rotatable bonds is 4. The first kappa shape index (κ1) is 10.8. The van der Waals surface area contributed by atoms with Crippen molar-refractivity contribution in [1.82, 2.24) is 0 Å². The van der Waals surface area contributed by atoms with Gasteiger partial charge < -0.3 is 10.2 Å². The molecule has 0 aliphatic carbocycles. The van der Waals surface area contributed by atoms with Gasteiger partial charge in [-0.05, 0) is 12.2 Å². The quantitative estimate of drug-likeness (QED) is 0.525. The molecule has 12 heavy (non-hydrogen) atoms. The Balaban J connectivity index is 4.16. The Hall–Kier alpha value is -1.22. The van der Waals surface area contributed by atoms with E-state index in [1.807, 2.05) is 0 Å². The number of carboxylic acid groups (broad SMARTS) is 1. The van der Waals surface area contributed by atoms with E-state index in [-0.39, 0.29) is 17.2 Å². The zero-order chi connectivity index (χ0) is 9.56. The molecule has 0 rings (SSSR count). The van der Waals surface area contributed by atoms with E-state index in [0.717, 1.165) is 0 Å². The Morgan fingerprint density at radius 1 is 1.50 bits per heavy atom. The van der Waals surface area contributed by atoms with Crippen LogP contribution in [0.25, 0.3) is 0 Å². The predicted octanol–water partition coefficient (Wildman–Crippen LogP) is 2.21. The molecule has 2 N–H and O–H groups in total. The second kappa shape index (κ2) is 5.43. The Morgan fingerprint density at radius 3 is 2.50 bits per heavy atom. The maximum absolute atomic E-state index is 10.0. The average Bonchev–Trinajstić information content (AvgIpc) is 2.02. The Kier molecular flexibility index (Phi) is 4.88. The van der Waals surface area contributed by atoms with Crippen molar-refractivity contribution in [3.63, 3.8) is 0 Å². The highest BCUT2D eigenvalue weighted by Gasteiger charge is 1.94. The second-order valence-electron chi connectivity index (χ2n) is 1.94. The molecule has 0 aliphatic heterocycles. The molecule has 0 bridgehead atoms. The van der Waals surface area contributed by atoms with Crippen LogP contribution in [0.2, 0.25) is 0 Å². The maximum atomic E-state index is 10.0. The molecule has 0 aromatic heterocycles. The molecule has 0 saturated carbocycles. The number of aliphatic carboxylic acids is 1. The minimum atomic E-state index is -0.964. The number of hydrogen-bond acceptors (Lipinski definition) is 2. The number of carbonyl (C=O) groups is 1. The van der Waals surface area contributed by atoms with Gasteiger partial charge in [-0.2, -0.15) is 0 Å². The Labute approximate surface area is 75.3 Å². The van der Waals surface area contributed by atoms with Crippen LogP contribution in [-0.4, -0.2) is 16.2 Å². The highest BCUT2D eigenvalue weighted by atomic mass is 35.5. The number of halogens is 1. The Morgan fingerprint density at radius 2 is 2.08 bits per heavy atom. The van der Waals surface area contributed by atoms with Gasteiger partial charge in [-0.15, -0.1) is 0 Å². The number of allylic oxidation sites excluding steroid dienone is 3. The minimum absolute atomic E-state index is 0.0941. The van der Waals surface area contributed by atoms with Gasteiger partial charge >= 0.3 is 5.97 Å². The summed E-state index contributed by atoms with van der Waals surface area (Å²) >= 11 is 5.44. The van der Waals surface area contributed by atoms with Gasteiger partial charge in [-0.25, -0.2) is 0 Å². The minimum Gasteiger partial charge on any atom is -0.506 e. The van der Waals surface area contributed by atoms with Crippen LogP contribution in [0, 0.1) is 0 Å². The van der Waals surface area contributed by atoms with E-state index < -0.39 is 5.97 Å². The zero-order valence-electron chi connectivity index (χ0n) is 6.33. The first-order valence-corrected chi connectivity index (χ1v) is 3.55. The average molecular weight is 189 g/mol. The van der Waals surface area contributed by atoms with Crippen molar-refractivity contribution in [2.45, 2.75) is 6.42 Å². The lowest BCUT2D eigenvalue weighted by atomic mass is 10.3. The lowest BCUT2D eigenvalue weighted by Crippen LogP contribution is -1.90. The van der Waals surface area contributed by atoms with E-state index >= 15 is 0 Å². The fraction of sp³-hybridized carbons (Fsp3) is 0.125. The standard InChI is InChI=1S/C8H9ClO3/c1-2-6(9)7(10)4-3-5-8(11)12/h2-4,10H,1,5H2,(H,11,12). The molecular weight excluding hydrogens is 180 g/mol. The summed E-state index contributed by atoms with van der Waals surface area (Å²) in [6.45, 7) is 3.32. The lowest BCUT2D eigenvalue weighted by Gasteiger charge is -1.91. The van der Waals surface area contributed by atoms with Crippen molar-refractivity contribution < 1.29 is 15.0 Å². The smallest absolute Gasteiger partial charge is 0.307 e. The molecule has 0 radical (unpaired) electrons. The molecule has 0 heterocycles. The summed E-state index contributed by atoms with van der Waals surface area (Å²) in [4.78, 5) is 10.0. The van der Waals surface area contributed by atoms with E-state index in [1.54, 1.807) is 0 Å². The van der Waals surface area contributed by atoms with Crippen molar-refractivity contribution in [3.05, 3.63) is 35.6 Å². The number of aliphatic hydroxyl groups is 1. The summed E-state index contributed by atoms with van der Waals surface area (Å²) < 4.78 is 0. The van der Waals surface area contributed by atoms with Gasteiger partial charge in [0.1, 0.15) is 5.76 Å². The van der Waals surface area contributed by atoms with E-state index in [9.17, 15) is 4.79 Å². The third-order valence-corrected chi connectivity index (χ3v) is 1.34. The third kappa shape index (κ3) is 4.57. The van der Waals surface area contributed by atoms with Crippen LogP contribution in [0.5, 0.6) is 0 Å². The van der Waals surface area contributed by atoms with Gasteiger partial charge in [-0.3, -0.25) is 4.79 Å². The van der Waals surface area contributed by atoms with Crippen molar-refractivity contribution in [2.24, 2.45) is 0 Å². The molecule has 0 amide bonds. The first-order valence-electron chi connectivity index (χ1n) is 3.17. The van der Waals surface area contributed by atoms with Crippen LogP contribution in [0.3, 0.4) is 0 Å². The SMILES string of the molecule is C=CC(Cl)=C(O)C=CCC(=O)O. The Bertz CT molecular complexity index is 241. The third-order valence-electron chi connectivity index (χ3n) is 0.992.